The summed E-state index contributed by atoms with van der Waals surface area (Å²) in [5.74, 6) is -1.06. The van der Waals surface area contributed by atoms with Crippen molar-refractivity contribution in [3.63, 3.8) is 0 Å². The molecule has 2 rings (SSSR count). The van der Waals surface area contributed by atoms with Crippen molar-refractivity contribution in [2.75, 3.05) is 13.7 Å². The second kappa shape index (κ2) is 8.10. The van der Waals surface area contributed by atoms with Gasteiger partial charge in [-0.25, -0.2) is 9.18 Å². The van der Waals surface area contributed by atoms with E-state index in [1.54, 1.807) is 20.1 Å². The normalized spacial score (nSPS) is 11.5. The maximum absolute atomic E-state index is 13.1. The number of hydrogen-bond donors (Lipinski definition) is 1. The molecule has 0 unspecified atom stereocenters. The highest BCUT2D eigenvalue weighted by Crippen LogP contribution is 2.18. The third-order valence-corrected chi connectivity index (χ3v) is 3.37. The smallest absolute Gasteiger partial charge is 0.338 e. The van der Waals surface area contributed by atoms with Gasteiger partial charge < -0.3 is 14.8 Å². The van der Waals surface area contributed by atoms with E-state index in [2.05, 4.69) is 5.32 Å². The first-order chi connectivity index (χ1) is 11.5. The van der Waals surface area contributed by atoms with Crippen LogP contribution in [0.4, 0.5) is 4.39 Å². The Morgan fingerprint density at radius 1 is 1.17 bits per heavy atom. The van der Waals surface area contributed by atoms with Crippen LogP contribution >= 0.6 is 0 Å². The molecule has 126 valence electrons. The highest BCUT2D eigenvalue weighted by molar-refractivity contribution is 5.91. The maximum atomic E-state index is 13.1. The van der Waals surface area contributed by atoms with E-state index >= 15 is 0 Å². The molecule has 0 aromatic heterocycles. The number of carbonyl (C=O) groups excluding carboxylic acids is 2. The van der Waals surface area contributed by atoms with Crippen LogP contribution in [0.2, 0.25) is 0 Å². The molecule has 6 heteroatoms. The third kappa shape index (κ3) is 4.81. The van der Waals surface area contributed by atoms with Gasteiger partial charge in [0.15, 0.2) is 6.61 Å². The number of rotatable bonds is 6. The third-order valence-electron chi connectivity index (χ3n) is 3.37. The predicted octanol–water partition coefficient (Wildman–Crippen LogP) is 2.87. The van der Waals surface area contributed by atoms with Crippen molar-refractivity contribution in [3.8, 4) is 5.75 Å². The Morgan fingerprint density at radius 3 is 2.62 bits per heavy atom. The highest BCUT2D eigenvalue weighted by atomic mass is 19.1. The van der Waals surface area contributed by atoms with E-state index < -0.39 is 24.3 Å². The lowest BCUT2D eigenvalue weighted by Gasteiger charge is -2.15. The lowest BCUT2D eigenvalue weighted by molar-refractivity contribution is -0.124. The summed E-state index contributed by atoms with van der Waals surface area (Å²) in [5, 5.41) is 2.72. The molecule has 5 nitrogen and oxygen atoms in total. The first kappa shape index (κ1) is 17.5. The standard InChI is InChI=1S/C18H18FNO4/c1-12(13-5-4-8-16(10-13)23-2)20-17(21)11-24-18(22)14-6-3-7-15(19)9-14/h3-10,12H,11H2,1-2H3,(H,20,21)/t12-/m1/s1. The average molecular weight is 331 g/mol. The molecule has 0 bridgehead atoms. The molecule has 0 aliphatic rings. The predicted molar refractivity (Wildman–Crippen MR) is 86.2 cm³/mol. The fourth-order valence-electron chi connectivity index (χ4n) is 2.11. The van der Waals surface area contributed by atoms with Crippen molar-refractivity contribution in [2.45, 2.75) is 13.0 Å². The van der Waals surface area contributed by atoms with E-state index in [0.717, 1.165) is 11.6 Å². The quantitative estimate of drug-likeness (QED) is 0.827. The van der Waals surface area contributed by atoms with Crippen LogP contribution in [0.15, 0.2) is 48.5 Å². The van der Waals surface area contributed by atoms with Crippen LogP contribution in [0.5, 0.6) is 5.75 Å². The number of esters is 1. The molecule has 1 N–H and O–H groups in total. The monoisotopic (exact) mass is 331 g/mol. The van der Waals surface area contributed by atoms with E-state index in [1.807, 2.05) is 18.2 Å². The minimum Gasteiger partial charge on any atom is -0.497 e. The van der Waals surface area contributed by atoms with Gasteiger partial charge in [0.25, 0.3) is 5.91 Å². The largest absolute Gasteiger partial charge is 0.497 e. The lowest BCUT2D eigenvalue weighted by Crippen LogP contribution is -2.31. The van der Waals surface area contributed by atoms with Crippen LogP contribution in [0.3, 0.4) is 0 Å². The molecule has 24 heavy (non-hydrogen) atoms. The van der Waals surface area contributed by atoms with Crippen molar-refractivity contribution < 1.29 is 23.5 Å². The molecule has 1 atom stereocenters. The summed E-state index contributed by atoms with van der Waals surface area (Å²) < 4.78 is 23.1. The summed E-state index contributed by atoms with van der Waals surface area (Å²) >= 11 is 0. The highest BCUT2D eigenvalue weighted by Gasteiger charge is 2.14. The number of halogens is 1. The average Bonchev–Trinajstić information content (AvgIpc) is 2.59. The summed E-state index contributed by atoms with van der Waals surface area (Å²) in [6.07, 6.45) is 0. The second-order valence-corrected chi connectivity index (χ2v) is 5.15. The van der Waals surface area contributed by atoms with Crippen molar-refractivity contribution in [3.05, 3.63) is 65.5 Å². The molecule has 0 heterocycles. The van der Waals surface area contributed by atoms with E-state index in [1.165, 1.54) is 18.2 Å². The molecule has 0 spiro atoms. The summed E-state index contributed by atoms with van der Waals surface area (Å²) in [4.78, 5) is 23.6. The fraction of sp³-hybridized carbons (Fsp3) is 0.222. The van der Waals surface area contributed by atoms with Gasteiger partial charge in [-0.3, -0.25) is 4.79 Å². The van der Waals surface area contributed by atoms with Gasteiger partial charge in [0.1, 0.15) is 11.6 Å². The van der Waals surface area contributed by atoms with E-state index in [0.29, 0.717) is 5.75 Å². The van der Waals surface area contributed by atoms with Crippen LogP contribution < -0.4 is 10.1 Å². The summed E-state index contributed by atoms with van der Waals surface area (Å²) in [7, 11) is 1.56. The Morgan fingerprint density at radius 2 is 1.92 bits per heavy atom. The number of carbonyl (C=O) groups is 2. The first-order valence-corrected chi connectivity index (χ1v) is 7.35. The van der Waals surface area contributed by atoms with Crippen LogP contribution in [0.25, 0.3) is 0 Å². The molecule has 0 fully saturated rings. The summed E-state index contributed by atoms with van der Waals surface area (Å²) in [5.41, 5.74) is 0.919. The van der Waals surface area contributed by atoms with Gasteiger partial charge in [-0.2, -0.15) is 0 Å². The number of nitrogens with one attached hydrogen (secondary N) is 1. The Balaban J connectivity index is 1.87. The van der Waals surface area contributed by atoms with Crippen molar-refractivity contribution in [1.29, 1.82) is 0 Å². The first-order valence-electron chi connectivity index (χ1n) is 7.35. The van der Waals surface area contributed by atoms with Gasteiger partial charge in [-0.15, -0.1) is 0 Å². The minimum absolute atomic E-state index is 0.0589. The molecule has 1 amide bonds. The molecule has 0 saturated heterocycles. The van der Waals surface area contributed by atoms with E-state index in [-0.39, 0.29) is 11.6 Å². The van der Waals surface area contributed by atoms with Crippen LogP contribution in [-0.2, 0) is 9.53 Å². The number of ether oxygens (including phenoxy) is 2. The van der Waals surface area contributed by atoms with Gasteiger partial charge in [-0.05, 0) is 42.8 Å². The summed E-state index contributed by atoms with van der Waals surface area (Å²) in [6, 6.07) is 12.1. The SMILES string of the molecule is COc1cccc([C@@H](C)NC(=O)COC(=O)c2cccc(F)c2)c1. The Bertz CT molecular complexity index is 732. The Hall–Kier alpha value is -2.89. The molecule has 0 radical (unpaired) electrons. The van der Waals surface area contributed by atoms with E-state index in [9.17, 15) is 14.0 Å². The van der Waals surface area contributed by atoms with Gasteiger partial charge in [0.05, 0.1) is 18.7 Å². The summed E-state index contributed by atoms with van der Waals surface area (Å²) in [6.45, 7) is 1.37. The topological polar surface area (TPSA) is 64.6 Å². The van der Waals surface area contributed by atoms with Crippen molar-refractivity contribution >= 4 is 11.9 Å². The van der Waals surface area contributed by atoms with Crippen molar-refractivity contribution in [1.82, 2.24) is 5.32 Å². The van der Waals surface area contributed by atoms with Crippen molar-refractivity contribution in [2.24, 2.45) is 0 Å². The number of benzene rings is 2. The zero-order chi connectivity index (χ0) is 17.5. The molecule has 0 aliphatic heterocycles. The molecular formula is C18H18FNO4. The Kier molecular flexibility index (Phi) is 5.89. The molecule has 0 saturated carbocycles. The fourth-order valence-corrected chi connectivity index (χ4v) is 2.11. The second-order valence-electron chi connectivity index (χ2n) is 5.15. The van der Waals surface area contributed by atoms with Gasteiger partial charge in [0.2, 0.25) is 0 Å². The Labute approximate surface area is 139 Å². The molecule has 2 aromatic carbocycles. The zero-order valence-corrected chi connectivity index (χ0v) is 13.4. The molecule has 2 aromatic rings. The number of hydrogen-bond acceptors (Lipinski definition) is 4. The molecule has 0 aliphatic carbocycles. The van der Waals surface area contributed by atoms with Crippen LogP contribution in [0.1, 0.15) is 28.9 Å². The van der Waals surface area contributed by atoms with E-state index in [4.69, 9.17) is 9.47 Å². The number of amides is 1. The van der Waals surface area contributed by atoms with Crippen LogP contribution in [0, 0.1) is 5.82 Å². The number of methoxy groups -OCH3 is 1. The minimum atomic E-state index is -0.751. The van der Waals surface area contributed by atoms with Gasteiger partial charge in [-0.1, -0.05) is 18.2 Å². The van der Waals surface area contributed by atoms with Gasteiger partial charge in [0, 0.05) is 0 Å². The van der Waals surface area contributed by atoms with Gasteiger partial charge >= 0.3 is 5.97 Å². The van der Waals surface area contributed by atoms with Crippen LogP contribution in [-0.4, -0.2) is 25.6 Å². The zero-order valence-electron chi connectivity index (χ0n) is 13.4. The maximum Gasteiger partial charge on any atom is 0.338 e. The lowest BCUT2D eigenvalue weighted by atomic mass is 10.1. The molecular weight excluding hydrogens is 313 g/mol.